The van der Waals surface area contributed by atoms with Crippen molar-refractivity contribution < 1.29 is 9.53 Å². The second kappa shape index (κ2) is 9.85. The quantitative estimate of drug-likeness (QED) is 0.796. The molecule has 1 aromatic heterocycles. The van der Waals surface area contributed by atoms with Gasteiger partial charge < -0.3 is 10.1 Å². The molecule has 2 aromatic rings. The normalized spacial score (nSPS) is 18.0. The van der Waals surface area contributed by atoms with E-state index < -0.39 is 0 Å². The number of carbonyl (C=O) groups excluding carboxylic acids is 1. The van der Waals surface area contributed by atoms with Crippen molar-refractivity contribution in [1.29, 1.82) is 0 Å². The topological polar surface area (TPSA) is 59.4 Å². The summed E-state index contributed by atoms with van der Waals surface area (Å²) < 4.78 is 7.83. The van der Waals surface area contributed by atoms with Crippen molar-refractivity contribution in [3.8, 4) is 0 Å². The zero-order valence-electron chi connectivity index (χ0n) is 17.3. The van der Waals surface area contributed by atoms with E-state index in [0.717, 1.165) is 50.5 Å². The third-order valence-electron chi connectivity index (χ3n) is 5.47. The minimum atomic E-state index is 0.0389. The average Bonchev–Trinajstić information content (AvgIpc) is 2.84. The lowest BCUT2D eigenvalue weighted by Gasteiger charge is -2.24. The molecule has 0 saturated carbocycles. The first-order chi connectivity index (χ1) is 13.5. The molecule has 1 fully saturated rings. The van der Waals surface area contributed by atoms with Crippen LogP contribution in [0.5, 0.6) is 0 Å². The molecule has 0 bridgehead atoms. The molecule has 0 aliphatic carbocycles. The molecule has 3 rings (SSSR count). The SMILES string of the molecule is Cc1nn(C)c(C)c1CCC(=O)NCC1CN(Cc2ccccc2)CCCO1. The molecule has 1 atom stereocenters. The van der Waals surface area contributed by atoms with E-state index in [1.807, 2.05) is 31.6 Å². The highest BCUT2D eigenvalue weighted by atomic mass is 16.5. The summed E-state index contributed by atoms with van der Waals surface area (Å²) in [6, 6.07) is 10.5. The van der Waals surface area contributed by atoms with E-state index in [4.69, 9.17) is 4.74 Å². The van der Waals surface area contributed by atoms with E-state index in [9.17, 15) is 4.79 Å². The van der Waals surface area contributed by atoms with Gasteiger partial charge in [-0.15, -0.1) is 0 Å². The van der Waals surface area contributed by atoms with Gasteiger partial charge in [-0.05, 0) is 37.8 Å². The largest absolute Gasteiger partial charge is 0.375 e. The predicted molar refractivity (Wildman–Crippen MR) is 110 cm³/mol. The zero-order valence-corrected chi connectivity index (χ0v) is 17.3. The number of amides is 1. The van der Waals surface area contributed by atoms with Crippen LogP contribution in [0.1, 0.15) is 35.4 Å². The summed E-state index contributed by atoms with van der Waals surface area (Å²) in [5.41, 5.74) is 4.64. The van der Waals surface area contributed by atoms with Crippen molar-refractivity contribution in [1.82, 2.24) is 20.0 Å². The molecule has 0 radical (unpaired) electrons. The summed E-state index contributed by atoms with van der Waals surface area (Å²) in [6.07, 6.45) is 2.27. The van der Waals surface area contributed by atoms with Gasteiger partial charge in [0.05, 0.1) is 11.8 Å². The Balaban J connectivity index is 1.45. The monoisotopic (exact) mass is 384 g/mol. The number of aromatic nitrogens is 2. The fourth-order valence-corrected chi connectivity index (χ4v) is 3.81. The van der Waals surface area contributed by atoms with Crippen LogP contribution in [0.3, 0.4) is 0 Å². The molecular formula is C22H32N4O2. The van der Waals surface area contributed by atoms with E-state index in [1.54, 1.807) is 0 Å². The summed E-state index contributed by atoms with van der Waals surface area (Å²) >= 11 is 0. The number of benzene rings is 1. The second-order valence-electron chi connectivity index (χ2n) is 7.64. The maximum Gasteiger partial charge on any atom is 0.220 e. The van der Waals surface area contributed by atoms with Gasteiger partial charge in [0.1, 0.15) is 0 Å². The van der Waals surface area contributed by atoms with E-state index >= 15 is 0 Å². The smallest absolute Gasteiger partial charge is 0.220 e. The number of rotatable bonds is 7. The van der Waals surface area contributed by atoms with Crippen LogP contribution in [0.25, 0.3) is 0 Å². The number of nitrogens with one attached hydrogen (secondary N) is 1. The number of hydrogen-bond acceptors (Lipinski definition) is 4. The lowest BCUT2D eigenvalue weighted by atomic mass is 10.1. The van der Waals surface area contributed by atoms with Crippen LogP contribution in [0.15, 0.2) is 30.3 Å². The van der Waals surface area contributed by atoms with E-state index in [0.29, 0.717) is 13.0 Å². The van der Waals surface area contributed by atoms with Gasteiger partial charge in [-0.25, -0.2) is 0 Å². The molecule has 1 N–H and O–H groups in total. The van der Waals surface area contributed by atoms with Gasteiger partial charge in [0.2, 0.25) is 5.91 Å². The Labute approximate surface area is 167 Å². The van der Waals surface area contributed by atoms with Crippen LogP contribution < -0.4 is 5.32 Å². The number of ether oxygens (including phenoxy) is 1. The van der Waals surface area contributed by atoms with Crippen molar-refractivity contribution >= 4 is 5.91 Å². The van der Waals surface area contributed by atoms with E-state index in [-0.39, 0.29) is 12.0 Å². The molecule has 1 aliphatic heterocycles. The van der Waals surface area contributed by atoms with Gasteiger partial charge in [0, 0.05) is 51.9 Å². The Bertz CT molecular complexity index is 772. The summed E-state index contributed by atoms with van der Waals surface area (Å²) in [5, 5.41) is 7.48. The standard InChI is InChI=1S/C22H32N4O2/c1-17-21(18(2)25(3)24-17)10-11-22(27)23-14-20-16-26(12-7-13-28-20)15-19-8-5-4-6-9-19/h4-6,8-9,20H,7,10-16H2,1-3H3,(H,23,27). The van der Waals surface area contributed by atoms with Crippen LogP contribution in [-0.2, 0) is 29.5 Å². The lowest BCUT2D eigenvalue weighted by Crippen LogP contribution is -2.40. The molecule has 2 heterocycles. The first-order valence-corrected chi connectivity index (χ1v) is 10.2. The first-order valence-electron chi connectivity index (χ1n) is 10.2. The maximum atomic E-state index is 12.3. The third kappa shape index (κ3) is 5.66. The molecule has 0 spiro atoms. The molecule has 1 amide bonds. The molecule has 152 valence electrons. The fourth-order valence-electron chi connectivity index (χ4n) is 3.81. The number of hydrogen-bond donors (Lipinski definition) is 1. The molecule has 1 unspecified atom stereocenters. The Morgan fingerprint density at radius 3 is 2.79 bits per heavy atom. The number of aryl methyl sites for hydroxylation is 2. The Hall–Kier alpha value is -2.18. The Kier molecular flexibility index (Phi) is 7.23. The highest BCUT2D eigenvalue weighted by Crippen LogP contribution is 2.14. The van der Waals surface area contributed by atoms with Crippen molar-refractivity contribution in [2.75, 3.05) is 26.2 Å². The molecule has 6 heteroatoms. The lowest BCUT2D eigenvalue weighted by molar-refractivity contribution is -0.121. The van der Waals surface area contributed by atoms with Gasteiger partial charge in [-0.3, -0.25) is 14.4 Å². The van der Waals surface area contributed by atoms with Crippen LogP contribution >= 0.6 is 0 Å². The highest BCUT2D eigenvalue weighted by Gasteiger charge is 2.20. The van der Waals surface area contributed by atoms with Crippen LogP contribution in [0.2, 0.25) is 0 Å². The van der Waals surface area contributed by atoms with Gasteiger partial charge in [-0.2, -0.15) is 5.10 Å². The molecule has 6 nitrogen and oxygen atoms in total. The minimum absolute atomic E-state index is 0.0389. The molecule has 1 aliphatic rings. The maximum absolute atomic E-state index is 12.3. The summed E-state index contributed by atoms with van der Waals surface area (Å²) in [7, 11) is 1.94. The molecular weight excluding hydrogens is 352 g/mol. The zero-order chi connectivity index (χ0) is 19.9. The summed E-state index contributed by atoms with van der Waals surface area (Å²) in [5.74, 6) is 0.0742. The van der Waals surface area contributed by atoms with Crippen molar-refractivity contribution in [2.45, 2.75) is 45.8 Å². The summed E-state index contributed by atoms with van der Waals surface area (Å²) in [6.45, 7) is 8.16. The summed E-state index contributed by atoms with van der Waals surface area (Å²) in [4.78, 5) is 14.8. The van der Waals surface area contributed by atoms with Crippen molar-refractivity contribution in [3.63, 3.8) is 0 Å². The van der Waals surface area contributed by atoms with Gasteiger partial charge >= 0.3 is 0 Å². The molecule has 1 saturated heterocycles. The van der Waals surface area contributed by atoms with Crippen LogP contribution in [-0.4, -0.2) is 52.9 Å². The Morgan fingerprint density at radius 1 is 1.29 bits per heavy atom. The first kappa shape index (κ1) is 20.6. The van der Waals surface area contributed by atoms with Crippen molar-refractivity contribution in [3.05, 3.63) is 52.8 Å². The van der Waals surface area contributed by atoms with Crippen LogP contribution in [0, 0.1) is 13.8 Å². The van der Waals surface area contributed by atoms with Crippen molar-refractivity contribution in [2.24, 2.45) is 7.05 Å². The molecule has 28 heavy (non-hydrogen) atoms. The van der Waals surface area contributed by atoms with E-state index in [1.165, 1.54) is 11.1 Å². The molecule has 1 aromatic carbocycles. The fraction of sp³-hybridized carbons (Fsp3) is 0.545. The predicted octanol–water partition coefficient (Wildman–Crippen LogP) is 2.38. The second-order valence-corrected chi connectivity index (χ2v) is 7.64. The highest BCUT2D eigenvalue weighted by molar-refractivity contribution is 5.76. The van der Waals surface area contributed by atoms with E-state index in [2.05, 4.69) is 39.6 Å². The Morgan fingerprint density at radius 2 is 2.07 bits per heavy atom. The number of carbonyl (C=O) groups is 1. The van der Waals surface area contributed by atoms with Gasteiger partial charge in [0.15, 0.2) is 0 Å². The third-order valence-corrected chi connectivity index (χ3v) is 5.47. The van der Waals surface area contributed by atoms with Gasteiger partial charge in [-0.1, -0.05) is 30.3 Å². The van der Waals surface area contributed by atoms with Crippen LogP contribution in [0.4, 0.5) is 0 Å². The minimum Gasteiger partial charge on any atom is -0.375 e. The number of nitrogens with zero attached hydrogens (tertiary/aromatic N) is 3. The van der Waals surface area contributed by atoms with Gasteiger partial charge in [0.25, 0.3) is 0 Å². The average molecular weight is 385 g/mol.